The van der Waals surface area contributed by atoms with Gasteiger partial charge in [-0.2, -0.15) is 0 Å². The normalized spacial score (nSPS) is 15.0. The Hall–Kier alpha value is -1.30. The molecule has 1 aliphatic rings. The Bertz CT molecular complexity index is 373. The highest BCUT2D eigenvalue weighted by Gasteiger charge is 2.24. The molecule has 0 unspecified atom stereocenters. The number of hydrogen-bond acceptors (Lipinski definition) is 6. The molecule has 82 valence electrons. The zero-order valence-corrected chi connectivity index (χ0v) is 9.26. The van der Waals surface area contributed by atoms with Gasteiger partial charge in [0.1, 0.15) is 0 Å². The lowest BCUT2D eigenvalue weighted by atomic mass is 10.5. The van der Waals surface area contributed by atoms with Crippen LogP contribution in [0.3, 0.4) is 0 Å². The van der Waals surface area contributed by atoms with E-state index in [1.54, 1.807) is 6.92 Å². The second kappa shape index (κ2) is 4.06. The average molecular weight is 227 g/mol. The maximum Gasteiger partial charge on any atom is 0.352 e. The first kappa shape index (κ1) is 10.2. The Morgan fingerprint density at radius 3 is 3.07 bits per heavy atom. The quantitative estimate of drug-likeness (QED) is 0.762. The molecule has 1 aromatic heterocycles. The Kier molecular flexibility index (Phi) is 2.77. The van der Waals surface area contributed by atoms with Crippen molar-refractivity contribution in [1.29, 1.82) is 0 Å². The molecule has 3 N–H and O–H groups in total. The van der Waals surface area contributed by atoms with E-state index in [0.29, 0.717) is 22.7 Å². The van der Waals surface area contributed by atoms with Gasteiger partial charge in [-0.3, -0.25) is 0 Å². The predicted octanol–water partition coefficient (Wildman–Crippen LogP) is 1.48. The lowest BCUT2D eigenvalue weighted by Crippen LogP contribution is -2.05. The molecule has 0 bridgehead atoms. The van der Waals surface area contributed by atoms with Crippen LogP contribution in [0.15, 0.2) is 0 Å². The summed E-state index contributed by atoms with van der Waals surface area (Å²) in [6.45, 7) is 2.11. The number of hydrogen-bond donors (Lipinski definition) is 2. The number of nitrogens with two attached hydrogens (primary N) is 1. The molecule has 1 fully saturated rings. The van der Waals surface area contributed by atoms with E-state index < -0.39 is 5.97 Å². The molecule has 0 aromatic carbocycles. The third-order valence-electron chi connectivity index (χ3n) is 2.02. The van der Waals surface area contributed by atoms with Gasteiger partial charge in [-0.1, -0.05) is 11.3 Å². The molecule has 5 nitrogen and oxygen atoms in total. The van der Waals surface area contributed by atoms with Crippen LogP contribution < -0.4 is 11.1 Å². The topological polar surface area (TPSA) is 77.2 Å². The van der Waals surface area contributed by atoms with Crippen molar-refractivity contribution in [3.8, 4) is 0 Å². The summed E-state index contributed by atoms with van der Waals surface area (Å²) in [6.07, 6.45) is 2.32. The minimum atomic E-state index is -0.392. The van der Waals surface area contributed by atoms with Gasteiger partial charge in [-0.05, 0) is 19.8 Å². The second-order valence-corrected chi connectivity index (χ2v) is 4.37. The summed E-state index contributed by atoms with van der Waals surface area (Å²) < 4.78 is 4.87. The molecule has 1 aliphatic carbocycles. The number of rotatable bonds is 4. The van der Waals surface area contributed by atoms with Crippen LogP contribution in [0.2, 0.25) is 0 Å². The molecule has 2 rings (SSSR count). The minimum absolute atomic E-state index is 0.251. The summed E-state index contributed by atoms with van der Waals surface area (Å²) in [5.74, 6) is -0.141. The van der Waals surface area contributed by atoms with Crippen molar-refractivity contribution < 1.29 is 9.53 Å². The highest BCUT2D eigenvalue weighted by atomic mass is 32.1. The van der Waals surface area contributed by atoms with Crippen molar-refractivity contribution >= 4 is 28.3 Å². The van der Waals surface area contributed by atoms with E-state index in [9.17, 15) is 4.79 Å². The van der Waals surface area contributed by atoms with Gasteiger partial charge in [0.25, 0.3) is 0 Å². The van der Waals surface area contributed by atoms with E-state index in [1.807, 2.05) is 0 Å². The van der Waals surface area contributed by atoms with Crippen LogP contribution in [0.5, 0.6) is 0 Å². The zero-order chi connectivity index (χ0) is 10.8. The van der Waals surface area contributed by atoms with Gasteiger partial charge < -0.3 is 15.8 Å². The highest BCUT2D eigenvalue weighted by Crippen LogP contribution is 2.30. The second-order valence-electron chi connectivity index (χ2n) is 3.37. The number of carbonyl (C=O) groups excluding carboxylic acids is 1. The Morgan fingerprint density at radius 1 is 1.73 bits per heavy atom. The molecule has 1 saturated carbocycles. The number of nitrogens with zero attached hydrogens (tertiary/aromatic N) is 1. The molecule has 15 heavy (non-hydrogen) atoms. The molecule has 0 spiro atoms. The first-order valence-corrected chi connectivity index (χ1v) is 5.72. The molecule has 6 heteroatoms. The van der Waals surface area contributed by atoms with Crippen LogP contribution in [-0.2, 0) is 4.74 Å². The maximum atomic E-state index is 11.4. The molecule has 0 saturated heterocycles. The standard InChI is InChI=1S/C9H13N3O2S/c1-2-14-8(13)6-7(10)12-9(15-6)11-5-3-4-5/h5H,2-4,10H2,1H3,(H,11,12). The third-order valence-corrected chi connectivity index (χ3v) is 3.00. The van der Waals surface area contributed by atoms with Gasteiger partial charge >= 0.3 is 5.97 Å². The molecule has 1 aromatic rings. The monoisotopic (exact) mass is 227 g/mol. The molecular weight excluding hydrogens is 214 g/mol. The minimum Gasteiger partial charge on any atom is -0.462 e. The van der Waals surface area contributed by atoms with E-state index in [-0.39, 0.29) is 5.82 Å². The SMILES string of the molecule is CCOC(=O)c1sc(NC2CC2)nc1N. The zero-order valence-electron chi connectivity index (χ0n) is 8.45. The fraction of sp³-hybridized carbons (Fsp3) is 0.556. The number of aromatic nitrogens is 1. The average Bonchev–Trinajstić information content (AvgIpc) is 2.90. The fourth-order valence-electron chi connectivity index (χ4n) is 1.14. The summed E-state index contributed by atoms with van der Waals surface area (Å²) in [6, 6.07) is 0.505. The van der Waals surface area contributed by atoms with E-state index in [2.05, 4.69) is 10.3 Å². The summed E-state index contributed by atoms with van der Waals surface area (Å²) in [7, 11) is 0. The van der Waals surface area contributed by atoms with Gasteiger partial charge in [0.15, 0.2) is 15.8 Å². The van der Waals surface area contributed by atoms with Gasteiger partial charge in [0, 0.05) is 6.04 Å². The Balaban J connectivity index is 2.09. The summed E-state index contributed by atoms with van der Waals surface area (Å²) in [5, 5.41) is 3.90. The van der Waals surface area contributed by atoms with Crippen LogP contribution in [0.25, 0.3) is 0 Å². The number of anilines is 2. The lowest BCUT2D eigenvalue weighted by Gasteiger charge is -1.97. The van der Waals surface area contributed by atoms with Crippen LogP contribution in [-0.4, -0.2) is 23.6 Å². The largest absolute Gasteiger partial charge is 0.462 e. The van der Waals surface area contributed by atoms with Crippen LogP contribution >= 0.6 is 11.3 Å². The van der Waals surface area contributed by atoms with Gasteiger partial charge in [-0.15, -0.1) is 0 Å². The summed E-state index contributed by atoms with van der Waals surface area (Å²) in [5.41, 5.74) is 5.63. The number of nitrogen functional groups attached to an aromatic ring is 1. The molecule has 1 heterocycles. The third kappa shape index (κ3) is 2.38. The Morgan fingerprint density at radius 2 is 2.47 bits per heavy atom. The molecule has 0 atom stereocenters. The molecule has 0 amide bonds. The van der Waals surface area contributed by atoms with Crippen molar-refractivity contribution in [3.63, 3.8) is 0 Å². The first-order valence-electron chi connectivity index (χ1n) is 4.90. The summed E-state index contributed by atoms with van der Waals surface area (Å²) in [4.78, 5) is 15.9. The van der Waals surface area contributed by atoms with E-state index in [4.69, 9.17) is 10.5 Å². The van der Waals surface area contributed by atoms with Crippen molar-refractivity contribution in [2.45, 2.75) is 25.8 Å². The van der Waals surface area contributed by atoms with E-state index in [0.717, 1.165) is 12.8 Å². The maximum absolute atomic E-state index is 11.4. The summed E-state index contributed by atoms with van der Waals surface area (Å²) >= 11 is 1.25. The van der Waals surface area contributed by atoms with Gasteiger partial charge in [0.05, 0.1) is 6.61 Å². The van der Waals surface area contributed by atoms with E-state index >= 15 is 0 Å². The van der Waals surface area contributed by atoms with Gasteiger partial charge in [0.2, 0.25) is 0 Å². The predicted molar refractivity (Wildman–Crippen MR) is 59.1 cm³/mol. The van der Waals surface area contributed by atoms with Gasteiger partial charge in [-0.25, -0.2) is 9.78 Å². The molecular formula is C9H13N3O2S. The Labute approximate surface area is 91.6 Å². The van der Waals surface area contributed by atoms with Crippen LogP contribution in [0, 0.1) is 0 Å². The number of thiazole rings is 1. The molecule has 0 aliphatic heterocycles. The number of ether oxygens (including phenoxy) is 1. The number of carbonyl (C=O) groups is 1. The number of nitrogens with one attached hydrogen (secondary N) is 1. The molecule has 0 radical (unpaired) electrons. The van der Waals surface area contributed by atoms with Crippen LogP contribution in [0.1, 0.15) is 29.4 Å². The fourth-order valence-corrected chi connectivity index (χ4v) is 1.99. The van der Waals surface area contributed by atoms with Crippen molar-refractivity contribution in [2.75, 3.05) is 17.7 Å². The lowest BCUT2D eigenvalue weighted by molar-refractivity contribution is 0.0533. The number of esters is 1. The van der Waals surface area contributed by atoms with Crippen molar-refractivity contribution in [1.82, 2.24) is 4.98 Å². The van der Waals surface area contributed by atoms with E-state index in [1.165, 1.54) is 11.3 Å². The van der Waals surface area contributed by atoms with Crippen molar-refractivity contribution in [2.24, 2.45) is 0 Å². The first-order chi connectivity index (χ1) is 7.20. The highest BCUT2D eigenvalue weighted by molar-refractivity contribution is 7.17. The van der Waals surface area contributed by atoms with Crippen LogP contribution in [0.4, 0.5) is 10.9 Å². The smallest absolute Gasteiger partial charge is 0.352 e. The van der Waals surface area contributed by atoms with Crippen molar-refractivity contribution in [3.05, 3.63) is 4.88 Å².